The van der Waals surface area contributed by atoms with Gasteiger partial charge in [0.05, 0.1) is 17.9 Å². The summed E-state index contributed by atoms with van der Waals surface area (Å²) in [5.41, 5.74) is 0. The Bertz CT molecular complexity index is 466. The van der Waals surface area contributed by atoms with Gasteiger partial charge in [-0.1, -0.05) is 45.4 Å². The third-order valence-corrected chi connectivity index (χ3v) is 6.25. The van der Waals surface area contributed by atoms with Crippen molar-refractivity contribution in [2.45, 2.75) is 90.4 Å². The Morgan fingerprint density at radius 3 is 1.64 bits per heavy atom. The van der Waals surface area contributed by atoms with Crippen LogP contribution < -0.4 is 0 Å². The zero-order valence-electron chi connectivity index (χ0n) is 15.9. The molecule has 0 aromatic heterocycles. The van der Waals surface area contributed by atoms with E-state index in [0.29, 0.717) is 25.9 Å². The average molecular weight is 370 g/mol. The van der Waals surface area contributed by atoms with Gasteiger partial charge in [-0.2, -0.15) is 10.5 Å². The van der Waals surface area contributed by atoms with Crippen LogP contribution in [0.25, 0.3) is 0 Å². The van der Waals surface area contributed by atoms with Crippen molar-refractivity contribution in [1.82, 2.24) is 4.31 Å². The molecule has 0 heterocycles. The summed E-state index contributed by atoms with van der Waals surface area (Å²) in [6.45, 7) is 3.27. The lowest BCUT2D eigenvalue weighted by Crippen LogP contribution is -2.35. The van der Waals surface area contributed by atoms with Crippen molar-refractivity contribution < 1.29 is 8.42 Å². The number of hydrogen-bond donors (Lipinski definition) is 0. The summed E-state index contributed by atoms with van der Waals surface area (Å²) in [5, 5.41) is 17.1. The topological polar surface area (TPSA) is 85.0 Å². The van der Waals surface area contributed by atoms with Gasteiger partial charge in [-0.15, -0.1) is 0 Å². The summed E-state index contributed by atoms with van der Waals surface area (Å²) < 4.78 is 26.8. The molecule has 0 aliphatic heterocycles. The van der Waals surface area contributed by atoms with Crippen molar-refractivity contribution in [2.24, 2.45) is 0 Å². The Balaban J connectivity index is 4.30. The molecule has 0 fully saturated rings. The number of nitrogens with zero attached hydrogens (tertiary/aromatic N) is 3. The zero-order valence-corrected chi connectivity index (χ0v) is 16.7. The molecule has 0 saturated heterocycles. The van der Waals surface area contributed by atoms with Gasteiger partial charge < -0.3 is 0 Å². The van der Waals surface area contributed by atoms with E-state index in [2.05, 4.69) is 19.1 Å². The number of rotatable bonds is 17. The first kappa shape index (κ1) is 23.9. The van der Waals surface area contributed by atoms with Gasteiger partial charge >= 0.3 is 0 Å². The van der Waals surface area contributed by atoms with Crippen molar-refractivity contribution in [3.05, 3.63) is 0 Å². The Labute approximate surface area is 155 Å². The summed E-state index contributed by atoms with van der Waals surface area (Å²) in [5.74, 6) is 0.254. The van der Waals surface area contributed by atoms with Crippen LogP contribution in [0.4, 0.5) is 0 Å². The molecule has 0 rings (SSSR count). The fourth-order valence-electron chi connectivity index (χ4n) is 2.75. The molecule has 0 atom stereocenters. The first-order chi connectivity index (χ1) is 12.1. The van der Waals surface area contributed by atoms with Gasteiger partial charge in [-0.25, -0.2) is 12.7 Å². The van der Waals surface area contributed by atoms with Crippen LogP contribution in [0, 0.1) is 22.7 Å². The smallest absolute Gasteiger partial charge is 0.212 e. The summed E-state index contributed by atoms with van der Waals surface area (Å²) in [6.07, 6.45) is 11.4. The largest absolute Gasteiger partial charge is 0.214 e. The molecule has 144 valence electrons. The van der Waals surface area contributed by atoms with Crippen molar-refractivity contribution in [2.75, 3.05) is 18.8 Å². The fraction of sp³-hybridized carbons (Fsp3) is 0.895. The van der Waals surface area contributed by atoms with E-state index in [-0.39, 0.29) is 5.75 Å². The first-order valence-electron chi connectivity index (χ1n) is 9.80. The Morgan fingerprint density at radius 1 is 0.720 bits per heavy atom. The van der Waals surface area contributed by atoms with Gasteiger partial charge in [0, 0.05) is 25.9 Å². The van der Waals surface area contributed by atoms with Gasteiger partial charge in [-0.05, 0) is 32.1 Å². The maximum atomic E-state index is 12.6. The van der Waals surface area contributed by atoms with Crippen molar-refractivity contribution >= 4 is 10.0 Å². The van der Waals surface area contributed by atoms with Gasteiger partial charge in [0.15, 0.2) is 0 Å². The van der Waals surface area contributed by atoms with Crippen LogP contribution in [-0.2, 0) is 10.0 Å². The normalized spacial score (nSPS) is 11.4. The lowest BCUT2D eigenvalue weighted by Gasteiger charge is -2.22. The van der Waals surface area contributed by atoms with E-state index in [1.807, 2.05) is 0 Å². The highest BCUT2D eigenvalue weighted by molar-refractivity contribution is 7.89. The van der Waals surface area contributed by atoms with E-state index in [1.54, 1.807) is 4.31 Å². The Morgan fingerprint density at radius 2 is 1.20 bits per heavy atom. The minimum Gasteiger partial charge on any atom is -0.212 e. The molecule has 0 bridgehead atoms. The second-order valence-electron chi connectivity index (χ2n) is 6.57. The Kier molecular flexibility index (Phi) is 15.6. The molecule has 0 N–H and O–H groups in total. The summed E-state index contributed by atoms with van der Waals surface area (Å²) in [4.78, 5) is 0. The molecule has 0 aromatic rings. The highest BCUT2D eigenvalue weighted by Crippen LogP contribution is 2.13. The lowest BCUT2D eigenvalue weighted by molar-refractivity contribution is 0.384. The summed E-state index contributed by atoms with van der Waals surface area (Å²) in [6, 6.07) is 4.29. The minimum atomic E-state index is -3.16. The van der Waals surface area contributed by atoms with Crippen LogP contribution in [0.15, 0.2) is 0 Å². The van der Waals surface area contributed by atoms with Crippen LogP contribution in [0.3, 0.4) is 0 Å². The highest BCUT2D eigenvalue weighted by atomic mass is 32.2. The lowest BCUT2D eigenvalue weighted by atomic mass is 10.1. The maximum absolute atomic E-state index is 12.6. The van der Waals surface area contributed by atoms with E-state index >= 15 is 0 Å². The summed E-state index contributed by atoms with van der Waals surface area (Å²) >= 11 is 0. The number of unbranched alkanes of at least 4 members (excludes halogenated alkanes) is 10. The van der Waals surface area contributed by atoms with E-state index in [0.717, 1.165) is 70.6 Å². The maximum Gasteiger partial charge on any atom is 0.214 e. The van der Waals surface area contributed by atoms with Crippen LogP contribution in [0.5, 0.6) is 0 Å². The SMILES string of the molecule is CCCCCS(=O)(=O)N(CCCCCCC#N)CCCCCCC#N. The van der Waals surface area contributed by atoms with Crippen LogP contribution in [0.1, 0.15) is 90.4 Å². The quantitative estimate of drug-likeness (QED) is 0.346. The van der Waals surface area contributed by atoms with Crippen molar-refractivity contribution in [1.29, 1.82) is 10.5 Å². The van der Waals surface area contributed by atoms with Crippen molar-refractivity contribution in [3.63, 3.8) is 0 Å². The van der Waals surface area contributed by atoms with E-state index < -0.39 is 10.0 Å². The van der Waals surface area contributed by atoms with Crippen LogP contribution in [0.2, 0.25) is 0 Å². The molecule has 0 radical (unpaired) electrons. The van der Waals surface area contributed by atoms with E-state index in [4.69, 9.17) is 10.5 Å². The number of sulfonamides is 1. The number of hydrogen-bond acceptors (Lipinski definition) is 4. The molecule has 0 unspecified atom stereocenters. The third-order valence-electron chi connectivity index (χ3n) is 4.29. The van der Waals surface area contributed by atoms with Gasteiger partial charge in [0.1, 0.15) is 0 Å². The molecule has 0 aliphatic rings. The molecular formula is C19H35N3O2S. The molecule has 0 aromatic carbocycles. The predicted molar refractivity (Wildman–Crippen MR) is 102 cm³/mol. The fourth-order valence-corrected chi connectivity index (χ4v) is 4.39. The highest BCUT2D eigenvalue weighted by Gasteiger charge is 2.20. The number of nitriles is 2. The Hall–Kier alpha value is -1.11. The second kappa shape index (κ2) is 16.4. The predicted octanol–water partition coefficient (Wildman–Crippen LogP) is 4.76. The molecule has 25 heavy (non-hydrogen) atoms. The first-order valence-corrected chi connectivity index (χ1v) is 11.4. The standard InChI is InChI=1S/C19H35N3O2S/c1-2-3-14-19-25(23,24)22(17-12-8-4-6-10-15-20)18-13-9-5-7-11-16-21/h2-14,17-19H2,1H3. The molecule has 0 saturated carbocycles. The minimum absolute atomic E-state index is 0.254. The van der Waals surface area contributed by atoms with Gasteiger partial charge in [0.2, 0.25) is 10.0 Å². The molecule has 0 amide bonds. The van der Waals surface area contributed by atoms with Gasteiger partial charge in [0.25, 0.3) is 0 Å². The van der Waals surface area contributed by atoms with E-state index in [9.17, 15) is 8.42 Å². The second-order valence-corrected chi connectivity index (χ2v) is 8.66. The molecule has 5 nitrogen and oxygen atoms in total. The monoisotopic (exact) mass is 369 g/mol. The van der Waals surface area contributed by atoms with Gasteiger partial charge in [-0.3, -0.25) is 0 Å². The van der Waals surface area contributed by atoms with Crippen molar-refractivity contribution in [3.8, 4) is 12.1 Å². The molecule has 0 spiro atoms. The molecular weight excluding hydrogens is 334 g/mol. The molecule has 0 aliphatic carbocycles. The van der Waals surface area contributed by atoms with E-state index in [1.165, 1.54) is 0 Å². The third kappa shape index (κ3) is 13.8. The summed E-state index contributed by atoms with van der Waals surface area (Å²) in [7, 11) is -3.16. The van der Waals surface area contributed by atoms with Crippen LogP contribution >= 0.6 is 0 Å². The molecule has 6 heteroatoms. The zero-order chi connectivity index (χ0) is 18.8. The van der Waals surface area contributed by atoms with Crippen LogP contribution in [-0.4, -0.2) is 31.6 Å². The average Bonchev–Trinajstić information content (AvgIpc) is 2.59.